The number of nitrogens with zero attached hydrogens (tertiary/aromatic N) is 1. The molecule has 10 heteroatoms. The van der Waals surface area contributed by atoms with Crippen molar-refractivity contribution in [3.05, 3.63) is 69.3 Å². The summed E-state index contributed by atoms with van der Waals surface area (Å²) in [7, 11) is 0. The lowest BCUT2D eigenvalue weighted by Gasteiger charge is -2.10. The maximum absolute atomic E-state index is 13.0. The van der Waals surface area contributed by atoms with E-state index in [0.29, 0.717) is 30.3 Å². The molecule has 2 aromatic carbocycles. The molecule has 24 heavy (non-hydrogen) atoms. The van der Waals surface area contributed by atoms with E-state index in [9.17, 15) is 36.9 Å². The largest absolute Gasteiger partial charge is 0.423 e. The van der Waals surface area contributed by atoms with Crippen LogP contribution in [-0.4, -0.2) is 10.8 Å². The highest BCUT2D eigenvalue weighted by molar-refractivity contribution is 6.04. The molecule has 0 fully saturated rings. The number of halogens is 5. The summed E-state index contributed by atoms with van der Waals surface area (Å²) in [6.07, 6.45) is -5.02. The number of alkyl halides is 3. The van der Waals surface area contributed by atoms with E-state index >= 15 is 0 Å². The third-order valence-corrected chi connectivity index (χ3v) is 2.88. The zero-order valence-corrected chi connectivity index (χ0v) is 11.5. The molecule has 0 saturated heterocycles. The number of nitro groups is 1. The zero-order valence-electron chi connectivity index (χ0n) is 11.5. The van der Waals surface area contributed by atoms with Crippen molar-refractivity contribution in [3.8, 4) is 0 Å². The van der Waals surface area contributed by atoms with Gasteiger partial charge in [-0.3, -0.25) is 14.9 Å². The zero-order chi connectivity index (χ0) is 18.1. The van der Waals surface area contributed by atoms with Crippen LogP contribution in [0.25, 0.3) is 0 Å². The summed E-state index contributed by atoms with van der Waals surface area (Å²) in [5.41, 5.74) is -3.62. The van der Waals surface area contributed by atoms with Crippen molar-refractivity contribution in [2.24, 2.45) is 0 Å². The Labute approximate surface area is 130 Å². The fourth-order valence-electron chi connectivity index (χ4n) is 1.89. The lowest BCUT2D eigenvalue weighted by molar-refractivity contribution is -0.388. The van der Waals surface area contributed by atoms with E-state index in [2.05, 4.69) is 0 Å². The number of anilines is 1. The molecule has 0 atom stereocenters. The third-order valence-electron chi connectivity index (χ3n) is 2.88. The van der Waals surface area contributed by atoms with Gasteiger partial charge in [-0.2, -0.15) is 13.2 Å². The molecule has 0 heterocycles. The first-order valence-electron chi connectivity index (χ1n) is 6.21. The number of amides is 1. The van der Waals surface area contributed by atoms with Crippen LogP contribution in [0.2, 0.25) is 0 Å². The Hall–Kier alpha value is -3.04. The second-order valence-corrected chi connectivity index (χ2v) is 4.60. The highest BCUT2D eigenvalue weighted by atomic mass is 19.4. The molecule has 0 aliphatic heterocycles. The molecule has 5 nitrogen and oxygen atoms in total. The molecule has 126 valence electrons. The summed E-state index contributed by atoms with van der Waals surface area (Å²) >= 11 is 0. The lowest BCUT2D eigenvalue weighted by Crippen LogP contribution is -2.14. The van der Waals surface area contributed by atoms with Crippen LogP contribution >= 0.6 is 0 Å². The molecule has 1 N–H and O–H groups in total. The fraction of sp³-hybridized carbons (Fsp3) is 0.0714. The Kier molecular flexibility index (Phi) is 4.49. The number of nitrogens with one attached hydrogen (secondary N) is 1. The first-order valence-corrected chi connectivity index (χ1v) is 6.21. The number of nitro benzene ring substituents is 1. The Morgan fingerprint density at radius 3 is 2.12 bits per heavy atom. The van der Waals surface area contributed by atoms with Gasteiger partial charge in [0.05, 0.1) is 4.92 Å². The summed E-state index contributed by atoms with van der Waals surface area (Å²) in [6.45, 7) is 0. The van der Waals surface area contributed by atoms with Crippen molar-refractivity contribution < 1.29 is 31.7 Å². The van der Waals surface area contributed by atoms with E-state index < -0.39 is 51.1 Å². The molecule has 2 aromatic rings. The van der Waals surface area contributed by atoms with Gasteiger partial charge in [0.15, 0.2) is 0 Å². The molecule has 0 unspecified atom stereocenters. The van der Waals surface area contributed by atoms with Crippen molar-refractivity contribution in [1.29, 1.82) is 0 Å². The second kappa shape index (κ2) is 6.22. The summed E-state index contributed by atoms with van der Waals surface area (Å²) in [6, 6.07) is 3.71. The van der Waals surface area contributed by atoms with E-state index in [4.69, 9.17) is 0 Å². The maximum atomic E-state index is 13.0. The molecule has 0 aromatic heterocycles. The molecular weight excluding hydrogens is 339 g/mol. The van der Waals surface area contributed by atoms with Crippen LogP contribution in [0.4, 0.5) is 33.3 Å². The van der Waals surface area contributed by atoms with Gasteiger partial charge in [0.1, 0.15) is 17.2 Å². The van der Waals surface area contributed by atoms with Crippen LogP contribution in [-0.2, 0) is 6.18 Å². The molecule has 0 radical (unpaired) electrons. The number of benzene rings is 2. The minimum absolute atomic E-state index is 0.367. The number of rotatable bonds is 3. The van der Waals surface area contributed by atoms with Gasteiger partial charge in [-0.05, 0) is 24.3 Å². The average molecular weight is 346 g/mol. The monoisotopic (exact) mass is 346 g/mol. The van der Waals surface area contributed by atoms with Gasteiger partial charge >= 0.3 is 6.18 Å². The van der Waals surface area contributed by atoms with Crippen LogP contribution < -0.4 is 5.32 Å². The first-order chi connectivity index (χ1) is 11.1. The molecule has 2 rings (SSSR count). The smallest absolute Gasteiger partial charge is 0.322 e. The van der Waals surface area contributed by atoms with Crippen LogP contribution in [0.15, 0.2) is 36.4 Å². The Morgan fingerprint density at radius 1 is 1.04 bits per heavy atom. The standard InChI is InChI=1S/C14H7F5N2O3/c15-8-3-7(4-9(16)5-8)13(22)20-10-1-2-12(21(23)24)11(6-10)14(17,18)19/h1-6H,(H,20,22). The van der Waals surface area contributed by atoms with Crippen LogP contribution in [0, 0.1) is 21.7 Å². The third kappa shape index (κ3) is 3.83. The Bertz CT molecular complexity index is 800. The van der Waals surface area contributed by atoms with Gasteiger partial charge in [0.2, 0.25) is 0 Å². The topological polar surface area (TPSA) is 72.2 Å². The normalized spacial score (nSPS) is 11.2. The average Bonchev–Trinajstić information content (AvgIpc) is 2.45. The SMILES string of the molecule is O=C(Nc1ccc([N+](=O)[O-])c(C(F)(F)F)c1)c1cc(F)cc(F)c1. The first kappa shape index (κ1) is 17.3. The van der Waals surface area contributed by atoms with Crippen LogP contribution in [0.3, 0.4) is 0 Å². The quantitative estimate of drug-likeness (QED) is 0.516. The molecule has 0 aliphatic rings. The predicted octanol–water partition coefficient (Wildman–Crippen LogP) is 4.14. The summed E-state index contributed by atoms with van der Waals surface area (Å²) < 4.78 is 64.6. The highest BCUT2D eigenvalue weighted by Crippen LogP contribution is 2.37. The van der Waals surface area contributed by atoms with Crippen molar-refractivity contribution >= 4 is 17.3 Å². The molecule has 0 aliphatic carbocycles. The molecule has 0 bridgehead atoms. The Balaban J connectivity index is 2.36. The predicted molar refractivity (Wildman–Crippen MR) is 72.4 cm³/mol. The number of carbonyl (C=O) groups is 1. The van der Waals surface area contributed by atoms with Gasteiger partial charge in [-0.25, -0.2) is 8.78 Å². The van der Waals surface area contributed by atoms with Crippen molar-refractivity contribution in [2.45, 2.75) is 6.18 Å². The van der Waals surface area contributed by atoms with E-state index in [1.807, 2.05) is 5.32 Å². The van der Waals surface area contributed by atoms with Crippen LogP contribution in [0.5, 0.6) is 0 Å². The number of hydrogen-bond acceptors (Lipinski definition) is 3. The minimum Gasteiger partial charge on any atom is -0.322 e. The van der Waals surface area contributed by atoms with E-state index in [-0.39, 0.29) is 0 Å². The van der Waals surface area contributed by atoms with Gasteiger partial charge in [-0.15, -0.1) is 0 Å². The van der Waals surface area contributed by atoms with E-state index in [1.54, 1.807) is 0 Å². The van der Waals surface area contributed by atoms with Crippen molar-refractivity contribution in [1.82, 2.24) is 0 Å². The highest BCUT2D eigenvalue weighted by Gasteiger charge is 2.38. The van der Waals surface area contributed by atoms with Gasteiger partial charge in [0, 0.05) is 23.4 Å². The molecule has 0 saturated carbocycles. The summed E-state index contributed by atoms with van der Waals surface area (Å²) in [5, 5.41) is 12.6. The minimum atomic E-state index is -5.02. The molecular formula is C14H7F5N2O3. The van der Waals surface area contributed by atoms with Crippen LogP contribution in [0.1, 0.15) is 15.9 Å². The van der Waals surface area contributed by atoms with E-state index in [1.165, 1.54) is 0 Å². The molecule has 0 spiro atoms. The lowest BCUT2D eigenvalue weighted by atomic mass is 10.1. The van der Waals surface area contributed by atoms with E-state index in [0.717, 1.165) is 6.07 Å². The van der Waals surface area contributed by atoms with Gasteiger partial charge in [0.25, 0.3) is 11.6 Å². The number of hydrogen-bond donors (Lipinski definition) is 1. The van der Waals surface area contributed by atoms with Gasteiger partial charge in [-0.1, -0.05) is 0 Å². The summed E-state index contributed by atoms with van der Waals surface area (Å²) in [4.78, 5) is 21.3. The van der Waals surface area contributed by atoms with Crippen molar-refractivity contribution in [3.63, 3.8) is 0 Å². The number of carbonyl (C=O) groups excluding carboxylic acids is 1. The van der Waals surface area contributed by atoms with Crippen molar-refractivity contribution in [2.75, 3.05) is 5.32 Å². The fourth-order valence-corrected chi connectivity index (χ4v) is 1.89. The Morgan fingerprint density at radius 2 is 1.62 bits per heavy atom. The second-order valence-electron chi connectivity index (χ2n) is 4.60. The van der Waals surface area contributed by atoms with Gasteiger partial charge < -0.3 is 5.32 Å². The maximum Gasteiger partial charge on any atom is 0.423 e. The summed E-state index contributed by atoms with van der Waals surface area (Å²) in [5.74, 6) is -3.16. The molecule has 1 amide bonds.